The molecule has 3 rings (SSSR count). The third-order valence-corrected chi connectivity index (χ3v) is 6.18. The van der Waals surface area contributed by atoms with E-state index in [1.54, 1.807) is 11.0 Å². The quantitative estimate of drug-likeness (QED) is 0.746. The van der Waals surface area contributed by atoms with Crippen LogP contribution in [0, 0.1) is 0 Å². The summed E-state index contributed by atoms with van der Waals surface area (Å²) in [5.41, 5.74) is 0.299. The van der Waals surface area contributed by atoms with Gasteiger partial charge < -0.3 is 4.90 Å². The zero-order valence-electron chi connectivity index (χ0n) is 13.7. The molecule has 1 amide bonds. The van der Waals surface area contributed by atoms with Gasteiger partial charge in [0.1, 0.15) is 12.2 Å². The topological polar surface area (TPSA) is 92.6 Å². The van der Waals surface area contributed by atoms with E-state index in [1.807, 2.05) is 17.5 Å². The fourth-order valence-electron chi connectivity index (χ4n) is 2.62. The number of piperazine rings is 1. The first-order valence-corrected chi connectivity index (χ1v) is 10.4. The molecule has 3 heterocycles. The highest BCUT2D eigenvalue weighted by atomic mass is 32.2. The van der Waals surface area contributed by atoms with E-state index in [2.05, 4.69) is 5.10 Å². The van der Waals surface area contributed by atoms with Crippen LogP contribution >= 0.6 is 11.3 Å². The molecule has 0 aliphatic carbocycles. The van der Waals surface area contributed by atoms with Gasteiger partial charge in [0.25, 0.3) is 5.56 Å². The van der Waals surface area contributed by atoms with E-state index >= 15 is 0 Å². The van der Waals surface area contributed by atoms with Gasteiger partial charge in [-0.1, -0.05) is 6.07 Å². The summed E-state index contributed by atoms with van der Waals surface area (Å²) in [6, 6.07) is 6.83. The molecule has 25 heavy (non-hydrogen) atoms. The van der Waals surface area contributed by atoms with E-state index in [1.165, 1.54) is 21.7 Å². The Balaban J connectivity index is 1.70. The molecule has 1 aliphatic heterocycles. The maximum atomic E-state index is 12.4. The van der Waals surface area contributed by atoms with Crippen LogP contribution in [0.1, 0.15) is 0 Å². The van der Waals surface area contributed by atoms with Crippen molar-refractivity contribution in [3.63, 3.8) is 0 Å². The average Bonchev–Trinajstić information content (AvgIpc) is 3.10. The maximum absolute atomic E-state index is 12.4. The molecule has 0 atom stereocenters. The van der Waals surface area contributed by atoms with Crippen LogP contribution in [0.3, 0.4) is 0 Å². The van der Waals surface area contributed by atoms with Gasteiger partial charge in [0.15, 0.2) is 0 Å². The Bertz CT molecular complexity index is 913. The van der Waals surface area contributed by atoms with Gasteiger partial charge in [-0.15, -0.1) is 11.3 Å². The molecule has 0 aromatic carbocycles. The highest BCUT2D eigenvalue weighted by Crippen LogP contribution is 2.21. The molecular formula is C15H18N4O4S2. The fraction of sp³-hybridized carbons (Fsp3) is 0.400. The highest BCUT2D eigenvalue weighted by Gasteiger charge is 2.26. The van der Waals surface area contributed by atoms with Crippen molar-refractivity contribution < 1.29 is 13.2 Å². The lowest BCUT2D eigenvalue weighted by Crippen LogP contribution is -2.51. The van der Waals surface area contributed by atoms with Crippen LogP contribution in [-0.4, -0.2) is 65.7 Å². The van der Waals surface area contributed by atoms with Gasteiger partial charge in [0.2, 0.25) is 15.9 Å². The molecule has 8 nitrogen and oxygen atoms in total. The summed E-state index contributed by atoms with van der Waals surface area (Å²) in [4.78, 5) is 26.9. The number of thiophene rings is 1. The first-order chi connectivity index (χ1) is 11.8. The molecule has 134 valence electrons. The summed E-state index contributed by atoms with van der Waals surface area (Å²) in [5.74, 6) is -0.244. The van der Waals surface area contributed by atoms with Gasteiger partial charge in [0, 0.05) is 32.2 Å². The SMILES string of the molecule is CS(=O)(=O)N1CCN(C(=O)Cn2nc(-c3cccs3)ccc2=O)CC1. The molecule has 0 spiro atoms. The van der Waals surface area contributed by atoms with Gasteiger partial charge in [-0.25, -0.2) is 13.1 Å². The maximum Gasteiger partial charge on any atom is 0.267 e. The summed E-state index contributed by atoms with van der Waals surface area (Å²) in [6.07, 6.45) is 1.16. The van der Waals surface area contributed by atoms with Crippen molar-refractivity contribution in [3.05, 3.63) is 40.0 Å². The third kappa shape index (κ3) is 4.14. The Kier molecular flexibility index (Phi) is 5.02. The number of hydrogen-bond donors (Lipinski definition) is 0. The molecule has 2 aromatic heterocycles. The Hall–Kier alpha value is -2.04. The Morgan fingerprint density at radius 3 is 2.52 bits per heavy atom. The Labute approximate surface area is 149 Å². The van der Waals surface area contributed by atoms with E-state index in [0.29, 0.717) is 18.8 Å². The third-order valence-electron chi connectivity index (χ3n) is 3.99. The first-order valence-electron chi connectivity index (χ1n) is 7.69. The molecule has 0 unspecified atom stereocenters. The van der Waals surface area contributed by atoms with Crippen LogP contribution in [0.5, 0.6) is 0 Å². The number of amides is 1. The molecule has 1 fully saturated rings. The van der Waals surface area contributed by atoms with Crippen molar-refractivity contribution in [2.24, 2.45) is 0 Å². The summed E-state index contributed by atoms with van der Waals surface area (Å²) in [7, 11) is -3.24. The number of carbonyl (C=O) groups is 1. The number of rotatable bonds is 4. The summed E-state index contributed by atoms with van der Waals surface area (Å²) >= 11 is 1.50. The van der Waals surface area contributed by atoms with E-state index in [0.717, 1.165) is 15.8 Å². The largest absolute Gasteiger partial charge is 0.338 e. The van der Waals surface area contributed by atoms with Crippen LogP contribution in [0.2, 0.25) is 0 Å². The molecule has 0 radical (unpaired) electrons. The van der Waals surface area contributed by atoms with Crippen molar-refractivity contribution in [2.75, 3.05) is 32.4 Å². The number of hydrogen-bond acceptors (Lipinski definition) is 6. The zero-order chi connectivity index (χ0) is 18.0. The van der Waals surface area contributed by atoms with Crippen molar-refractivity contribution in [3.8, 4) is 10.6 Å². The minimum Gasteiger partial charge on any atom is -0.338 e. The van der Waals surface area contributed by atoms with Crippen LogP contribution in [-0.2, 0) is 21.4 Å². The number of carbonyl (C=O) groups excluding carboxylic acids is 1. The lowest BCUT2D eigenvalue weighted by atomic mass is 10.3. The molecule has 1 aliphatic rings. The van der Waals surface area contributed by atoms with Crippen LogP contribution in [0.4, 0.5) is 0 Å². The second-order valence-electron chi connectivity index (χ2n) is 5.73. The van der Waals surface area contributed by atoms with Gasteiger partial charge in [-0.2, -0.15) is 9.40 Å². The van der Waals surface area contributed by atoms with Crippen molar-refractivity contribution in [1.29, 1.82) is 0 Å². The minimum atomic E-state index is -3.24. The fourth-order valence-corrected chi connectivity index (χ4v) is 4.13. The first kappa shape index (κ1) is 17.8. The average molecular weight is 382 g/mol. The predicted octanol–water partition coefficient (Wildman–Crippen LogP) is 0.0756. The lowest BCUT2D eigenvalue weighted by Gasteiger charge is -2.33. The van der Waals surface area contributed by atoms with Crippen LogP contribution < -0.4 is 5.56 Å². The second kappa shape index (κ2) is 7.06. The molecule has 0 N–H and O–H groups in total. The Morgan fingerprint density at radius 2 is 1.92 bits per heavy atom. The molecule has 10 heteroatoms. The molecule has 1 saturated heterocycles. The normalized spacial score (nSPS) is 16.1. The summed E-state index contributed by atoms with van der Waals surface area (Å²) in [5, 5.41) is 6.18. The number of sulfonamides is 1. The van der Waals surface area contributed by atoms with Gasteiger partial charge in [0.05, 0.1) is 11.1 Å². The number of nitrogens with zero attached hydrogens (tertiary/aromatic N) is 4. The van der Waals surface area contributed by atoms with Crippen molar-refractivity contribution in [1.82, 2.24) is 19.0 Å². The highest BCUT2D eigenvalue weighted by molar-refractivity contribution is 7.88. The zero-order valence-corrected chi connectivity index (χ0v) is 15.3. The lowest BCUT2D eigenvalue weighted by molar-refractivity contribution is -0.133. The van der Waals surface area contributed by atoms with E-state index in [4.69, 9.17) is 0 Å². The smallest absolute Gasteiger partial charge is 0.267 e. The summed E-state index contributed by atoms with van der Waals surface area (Å²) < 4.78 is 25.5. The van der Waals surface area contributed by atoms with E-state index < -0.39 is 10.0 Å². The van der Waals surface area contributed by atoms with Gasteiger partial charge in [-0.3, -0.25) is 9.59 Å². The monoisotopic (exact) mass is 382 g/mol. The van der Waals surface area contributed by atoms with Crippen molar-refractivity contribution in [2.45, 2.75) is 6.54 Å². The van der Waals surface area contributed by atoms with Gasteiger partial charge >= 0.3 is 0 Å². The molecule has 0 bridgehead atoms. The van der Waals surface area contributed by atoms with Crippen molar-refractivity contribution >= 4 is 27.3 Å². The van der Waals surface area contributed by atoms with Gasteiger partial charge in [-0.05, 0) is 17.5 Å². The minimum absolute atomic E-state index is 0.156. The second-order valence-corrected chi connectivity index (χ2v) is 8.66. The van der Waals surface area contributed by atoms with Crippen LogP contribution in [0.25, 0.3) is 10.6 Å². The van der Waals surface area contributed by atoms with E-state index in [9.17, 15) is 18.0 Å². The molecule has 0 saturated carbocycles. The summed E-state index contributed by atoms with van der Waals surface area (Å²) in [6.45, 7) is 0.998. The standard InChI is InChI=1S/C15H18N4O4S2/c1-25(22,23)18-8-6-17(7-9-18)15(21)11-19-14(20)5-4-12(16-19)13-3-2-10-24-13/h2-5,10H,6-9,11H2,1H3. The Morgan fingerprint density at radius 1 is 1.20 bits per heavy atom. The number of aromatic nitrogens is 2. The molecule has 2 aromatic rings. The predicted molar refractivity (Wildman–Crippen MR) is 94.8 cm³/mol. The molecular weight excluding hydrogens is 364 g/mol. The van der Waals surface area contributed by atoms with E-state index in [-0.39, 0.29) is 31.1 Å². The van der Waals surface area contributed by atoms with Crippen LogP contribution in [0.15, 0.2) is 34.4 Å².